The van der Waals surface area contributed by atoms with Gasteiger partial charge in [0.1, 0.15) is 6.04 Å². The van der Waals surface area contributed by atoms with Crippen LogP contribution < -0.4 is 16.0 Å². The molecule has 0 bridgehead atoms. The molecule has 0 saturated carbocycles. The Morgan fingerprint density at radius 1 is 1.23 bits per heavy atom. The van der Waals surface area contributed by atoms with Crippen LogP contribution in [0.25, 0.3) is 0 Å². The van der Waals surface area contributed by atoms with Crippen molar-refractivity contribution in [3.8, 4) is 0 Å². The van der Waals surface area contributed by atoms with Crippen molar-refractivity contribution in [3.05, 3.63) is 65.2 Å². The maximum Gasteiger partial charge on any atom is 0.241 e. The molecule has 138 valence electrons. The highest BCUT2D eigenvalue weighted by Gasteiger charge is 2.21. The van der Waals surface area contributed by atoms with E-state index in [4.69, 9.17) is 5.73 Å². The molecule has 2 amide bonds. The minimum atomic E-state index is -0.691. The van der Waals surface area contributed by atoms with Crippen LogP contribution in [0.15, 0.2) is 48.5 Å². The van der Waals surface area contributed by atoms with Gasteiger partial charge >= 0.3 is 0 Å². The van der Waals surface area contributed by atoms with E-state index in [1.54, 1.807) is 4.90 Å². The number of rotatable bonds is 5. The summed E-state index contributed by atoms with van der Waals surface area (Å²) in [6.45, 7) is 3.13. The van der Waals surface area contributed by atoms with Gasteiger partial charge in [-0.05, 0) is 36.6 Å². The van der Waals surface area contributed by atoms with Gasteiger partial charge in [-0.2, -0.15) is 0 Å². The Hall–Kier alpha value is -2.37. The summed E-state index contributed by atoms with van der Waals surface area (Å²) >= 11 is 0. The maximum atomic E-state index is 12.3. The molecule has 2 aromatic carbocycles. The van der Waals surface area contributed by atoms with E-state index in [1.807, 2.05) is 55.5 Å². The molecule has 1 heterocycles. The Balaban J connectivity index is 0.00000243. The quantitative estimate of drug-likeness (QED) is 0.846. The van der Waals surface area contributed by atoms with Gasteiger partial charge in [-0.25, -0.2) is 0 Å². The van der Waals surface area contributed by atoms with E-state index in [-0.39, 0.29) is 24.2 Å². The fraction of sp³-hybridized carbons (Fsp3) is 0.300. The number of nitrogens with two attached hydrogens (primary N) is 1. The summed E-state index contributed by atoms with van der Waals surface area (Å²) in [6.07, 6.45) is 1.50. The Bertz CT molecular complexity index is 777. The summed E-state index contributed by atoms with van der Waals surface area (Å²) in [6, 6.07) is 14.7. The van der Waals surface area contributed by atoms with Gasteiger partial charge in [0.15, 0.2) is 0 Å². The van der Waals surface area contributed by atoms with Crippen LogP contribution in [0.3, 0.4) is 0 Å². The van der Waals surface area contributed by atoms with Crippen LogP contribution in [0.2, 0.25) is 0 Å². The van der Waals surface area contributed by atoms with Gasteiger partial charge in [-0.15, -0.1) is 12.4 Å². The summed E-state index contributed by atoms with van der Waals surface area (Å²) in [5, 5.41) is 2.87. The highest BCUT2D eigenvalue weighted by molar-refractivity contribution is 5.95. The van der Waals surface area contributed by atoms with E-state index in [0.717, 1.165) is 35.3 Å². The molecule has 0 aromatic heterocycles. The van der Waals surface area contributed by atoms with Gasteiger partial charge in [0.05, 0.1) is 0 Å². The van der Waals surface area contributed by atoms with Gasteiger partial charge in [-0.3, -0.25) is 9.59 Å². The lowest BCUT2D eigenvalue weighted by Gasteiger charge is -2.17. The molecule has 2 aromatic rings. The minimum Gasteiger partial charge on any atom is -0.350 e. The number of aryl methyl sites for hydroxylation is 1. The van der Waals surface area contributed by atoms with Gasteiger partial charge in [0.25, 0.3) is 0 Å². The molecule has 6 heteroatoms. The molecule has 3 N–H and O–H groups in total. The second-order valence-electron chi connectivity index (χ2n) is 6.42. The molecule has 1 aliphatic rings. The molecule has 26 heavy (non-hydrogen) atoms. The Morgan fingerprint density at radius 2 is 1.96 bits per heavy atom. The van der Waals surface area contributed by atoms with Crippen LogP contribution in [0.4, 0.5) is 5.69 Å². The first-order valence-corrected chi connectivity index (χ1v) is 8.54. The zero-order valence-corrected chi connectivity index (χ0v) is 15.6. The average Bonchev–Trinajstić information content (AvgIpc) is 3.06. The molecular formula is C20H24ClN3O2. The first-order chi connectivity index (χ1) is 12.0. The number of carbonyl (C=O) groups excluding carboxylic acids is 2. The van der Waals surface area contributed by atoms with Crippen LogP contribution in [0.1, 0.15) is 35.6 Å². The van der Waals surface area contributed by atoms with Gasteiger partial charge in [-0.1, -0.05) is 42.0 Å². The molecule has 1 fully saturated rings. The lowest BCUT2D eigenvalue weighted by atomic mass is 10.1. The topological polar surface area (TPSA) is 75.4 Å². The van der Waals surface area contributed by atoms with Crippen molar-refractivity contribution in [3.63, 3.8) is 0 Å². The third kappa shape index (κ3) is 4.62. The normalized spacial score (nSPS) is 14.7. The number of hydrogen-bond donors (Lipinski definition) is 2. The van der Waals surface area contributed by atoms with Crippen LogP contribution in [0, 0.1) is 6.92 Å². The van der Waals surface area contributed by atoms with Crippen molar-refractivity contribution in [2.75, 3.05) is 11.4 Å². The summed E-state index contributed by atoms with van der Waals surface area (Å²) in [4.78, 5) is 26.0. The SMILES string of the molecule is Cc1ccc(C(N)C(=O)NCc2cccc(N3CCCC3=O)c2)cc1.Cl. The predicted molar refractivity (Wildman–Crippen MR) is 105 cm³/mol. The third-order valence-corrected chi connectivity index (χ3v) is 4.48. The molecule has 0 aliphatic carbocycles. The summed E-state index contributed by atoms with van der Waals surface area (Å²) in [5.74, 6) is -0.0610. The molecule has 1 aliphatic heterocycles. The summed E-state index contributed by atoms with van der Waals surface area (Å²) in [5.41, 5.74) is 9.79. The molecule has 0 radical (unpaired) electrons. The zero-order valence-electron chi connectivity index (χ0n) is 14.8. The summed E-state index contributed by atoms with van der Waals surface area (Å²) < 4.78 is 0. The number of anilines is 1. The second-order valence-corrected chi connectivity index (χ2v) is 6.42. The molecular weight excluding hydrogens is 350 g/mol. The lowest BCUT2D eigenvalue weighted by molar-refractivity contribution is -0.122. The largest absolute Gasteiger partial charge is 0.350 e. The Morgan fingerprint density at radius 3 is 2.62 bits per heavy atom. The van der Waals surface area contributed by atoms with Crippen molar-refractivity contribution in [2.24, 2.45) is 5.73 Å². The molecule has 5 nitrogen and oxygen atoms in total. The fourth-order valence-electron chi connectivity index (χ4n) is 2.98. The van der Waals surface area contributed by atoms with Crippen molar-refractivity contribution < 1.29 is 9.59 Å². The van der Waals surface area contributed by atoms with Crippen molar-refractivity contribution >= 4 is 29.9 Å². The molecule has 1 atom stereocenters. The van der Waals surface area contributed by atoms with Gasteiger partial charge in [0, 0.05) is 25.2 Å². The maximum absolute atomic E-state index is 12.3. The number of amides is 2. The highest BCUT2D eigenvalue weighted by Crippen LogP contribution is 2.22. The van der Waals surface area contributed by atoms with Gasteiger partial charge < -0.3 is 16.0 Å². The number of halogens is 1. The monoisotopic (exact) mass is 373 g/mol. The van der Waals surface area contributed by atoms with Crippen LogP contribution in [-0.4, -0.2) is 18.4 Å². The van der Waals surface area contributed by atoms with Crippen LogP contribution in [0.5, 0.6) is 0 Å². The minimum absolute atomic E-state index is 0. The lowest BCUT2D eigenvalue weighted by Crippen LogP contribution is -2.33. The number of carbonyl (C=O) groups is 2. The number of nitrogens with one attached hydrogen (secondary N) is 1. The first-order valence-electron chi connectivity index (χ1n) is 8.54. The Kier molecular flexibility index (Phi) is 6.77. The molecule has 0 spiro atoms. The van der Waals surface area contributed by atoms with Gasteiger partial charge in [0.2, 0.25) is 11.8 Å². The van der Waals surface area contributed by atoms with E-state index in [0.29, 0.717) is 13.0 Å². The number of benzene rings is 2. The van der Waals surface area contributed by atoms with Crippen LogP contribution >= 0.6 is 12.4 Å². The van der Waals surface area contributed by atoms with E-state index in [9.17, 15) is 9.59 Å². The molecule has 1 saturated heterocycles. The first kappa shape index (κ1) is 19.9. The molecule has 1 unspecified atom stereocenters. The zero-order chi connectivity index (χ0) is 17.8. The smallest absolute Gasteiger partial charge is 0.241 e. The number of nitrogens with zero attached hydrogens (tertiary/aromatic N) is 1. The standard InChI is InChI=1S/C20H23N3O2.ClH/c1-14-7-9-16(10-8-14)19(21)20(25)22-13-15-4-2-5-17(12-15)23-11-3-6-18(23)24;/h2,4-5,7-10,12,19H,3,6,11,13,21H2,1H3,(H,22,25);1H. The number of hydrogen-bond acceptors (Lipinski definition) is 3. The summed E-state index contributed by atoms with van der Waals surface area (Å²) in [7, 11) is 0. The predicted octanol–water partition coefficient (Wildman–Crippen LogP) is 2.86. The highest BCUT2D eigenvalue weighted by atomic mass is 35.5. The third-order valence-electron chi connectivity index (χ3n) is 4.48. The van der Waals surface area contributed by atoms with E-state index in [2.05, 4.69) is 5.32 Å². The second kappa shape index (κ2) is 8.83. The van der Waals surface area contributed by atoms with Crippen molar-refractivity contribution in [1.29, 1.82) is 0 Å². The van der Waals surface area contributed by atoms with E-state index < -0.39 is 6.04 Å². The van der Waals surface area contributed by atoms with Crippen molar-refractivity contribution in [2.45, 2.75) is 32.4 Å². The average molecular weight is 374 g/mol. The van der Waals surface area contributed by atoms with Crippen LogP contribution in [-0.2, 0) is 16.1 Å². The van der Waals surface area contributed by atoms with E-state index in [1.165, 1.54) is 0 Å². The van der Waals surface area contributed by atoms with E-state index >= 15 is 0 Å². The fourth-order valence-corrected chi connectivity index (χ4v) is 2.98. The molecule has 3 rings (SSSR count). The Labute approximate surface area is 160 Å². The van der Waals surface area contributed by atoms with Crippen molar-refractivity contribution in [1.82, 2.24) is 5.32 Å².